The third-order valence-electron chi connectivity index (χ3n) is 5.62. The van der Waals surface area contributed by atoms with Crippen LogP contribution in [0.5, 0.6) is 0 Å². The first-order valence-corrected chi connectivity index (χ1v) is 11.0. The number of benzene rings is 3. The van der Waals surface area contributed by atoms with Crippen molar-refractivity contribution < 1.29 is 4.79 Å². The highest BCUT2D eigenvalue weighted by atomic mass is 16.2. The molecule has 5 aromatic rings. The number of carbonyl (C=O) groups excluding carboxylic acids is 1. The highest BCUT2D eigenvalue weighted by molar-refractivity contribution is 5.99. The van der Waals surface area contributed by atoms with Gasteiger partial charge in [-0.15, -0.1) is 0 Å². The van der Waals surface area contributed by atoms with Gasteiger partial charge in [0.2, 0.25) is 0 Å². The average molecular weight is 450 g/mol. The quantitative estimate of drug-likeness (QED) is 0.423. The molecule has 0 aliphatic heterocycles. The van der Waals surface area contributed by atoms with Gasteiger partial charge in [-0.1, -0.05) is 72.8 Å². The highest BCUT2D eigenvalue weighted by Gasteiger charge is 2.22. The second kappa shape index (κ2) is 9.15. The van der Waals surface area contributed by atoms with Crippen LogP contribution in [0.3, 0.4) is 0 Å². The first-order valence-electron chi connectivity index (χ1n) is 11.0. The zero-order chi connectivity index (χ0) is 23.5. The number of rotatable bonds is 6. The Morgan fingerprint density at radius 3 is 2.38 bits per heavy atom. The van der Waals surface area contributed by atoms with E-state index in [0.717, 1.165) is 11.1 Å². The van der Waals surface area contributed by atoms with Crippen LogP contribution in [0, 0.1) is 0 Å². The van der Waals surface area contributed by atoms with Gasteiger partial charge in [0.05, 0.1) is 29.6 Å². The lowest BCUT2D eigenvalue weighted by atomic mass is 10.1. The predicted octanol–water partition coefficient (Wildman–Crippen LogP) is 4.11. The number of H-pyrrole nitrogens is 1. The minimum atomic E-state index is -0.220. The summed E-state index contributed by atoms with van der Waals surface area (Å²) in [5.74, 6) is 0.228. The van der Waals surface area contributed by atoms with Crippen molar-refractivity contribution in [1.82, 2.24) is 24.6 Å². The monoisotopic (exact) mass is 449 g/mol. The normalized spacial score (nSPS) is 11.0. The topological polar surface area (TPSA) is 83.9 Å². The average Bonchev–Trinajstić information content (AvgIpc) is 3.28. The molecule has 1 N–H and O–H groups in total. The van der Waals surface area contributed by atoms with E-state index in [1.807, 2.05) is 66.7 Å². The van der Waals surface area contributed by atoms with Crippen molar-refractivity contribution in [3.8, 4) is 11.3 Å². The molecule has 1 amide bonds. The van der Waals surface area contributed by atoms with Crippen LogP contribution in [0.15, 0.2) is 95.9 Å². The van der Waals surface area contributed by atoms with Gasteiger partial charge in [-0.25, -0.2) is 4.98 Å². The maximum absolute atomic E-state index is 13.5. The molecule has 0 spiro atoms. The van der Waals surface area contributed by atoms with Crippen molar-refractivity contribution in [1.29, 1.82) is 0 Å². The summed E-state index contributed by atoms with van der Waals surface area (Å²) in [7, 11) is 1.70. The van der Waals surface area contributed by atoms with Gasteiger partial charge in [0.1, 0.15) is 11.5 Å². The molecule has 0 aliphatic rings. The summed E-state index contributed by atoms with van der Waals surface area (Å²) in [6.45, 7) is 0.716. The van der Waals surface area contributed by atoms with Gasteiger partial charge >= 0.3 is 0 Å². The summed E-state index contributed by atoms with van der Waals surface area (Å²) >= 11 is 0. The predicted molar refractivity (Wildman–Crippen MR) is 131 cm³/mol. The molecule has 7 heteroatoms. The summed E-state index contributed by atoms with van der Waals surface area (Å²) in [5, 5.41) is 5.26. The Morgan fingerprint density at radius 2 is 1.62 bits per heavy atom. The van der Waals surface area contributed by atoms with E-state index in [1.54, 1.807) is 41.0 Å². The number of carbonyl (C=O) groups is 1. The highest BCUT2D eigenvalue weighted by Crippen LogP contribution is 2.24. The fourth-order valence-corrected chi connectivity index (χ4v) is 3.95. The molecule has 5 rings (SSSR count). The van der Waals surface area contributed by atoms with Crippen LogP contribution in [0.4, 0.5) is 0 Å². The van der Waals surface area contributed by atoms with E-state index in [1.165, 1.54) is 0 Å². The fourth-order valence-electron chi connectivity index (χ4n) is 3.95. The Bertz CT molecular complexity index is 1510. The Morgan fingerprint density at radius 1 is 0.941 bits per heavy atom. The number of aromatic nitrogens is 4. The number of nitrogens with zero attached hydrogens (tertiary/aromatic N) is 4. The van der Waals surface area contributed by atoms with Crippen molar-refractivity contribution in [2.24, 2.45) is 0 Å². The number of hydrogen-bond donors (Lipinski definition) is 1. The summed E-state index contributed by atoms with van der Waals surface area (Å²) in [6, 6.07) is 26.8. The zero-order valence-electron chi connectivity index (χ0n) is 18.7. The molecule has 34 heavy (non-hydrogen) atoms. The number of nitrogens with one attached hydrogen (secondary N) is 1. The lowest BCUT2D eigenvalue weighted by molar-refractivity contribution is 0.0782. The molecule has 0 unspecified atom stereocenters. The Kier molecular flexibility index (Phi) is 5.74. The Labute approximate surface area is 196 Å². The number of para-hydroxylation sites is 1. The zero-order valence-corrected chi connectivity index (χ0v) is 18.7. The molecule has 0 aliphatic carbocycles. The molecular formula is C27H23N5O2. The van der Waals surface area contributed by atoms with Gasteiger partial charge in [0.15, 0.2) is 0 Å². The van der Waals surface area contributed by atoms with Crippen LogP contribution >= 0.6 is 0 Å². The van der Waals surface area contributed by atoms with Crippen molar-refractivity contribution in [3.05, 3.63) is 118 Å². The molecule has 3 aromatic carbocycles. The lowest BCUT2D eigenvalue weighted by Crippen LogP contribution is -2.28. The maximum atomic E-state index is 13.5. The maximum Gasteiger partial charge on any atom is 0.258 e. The number of amides is 1. The molecule has 2 aromatic heterocycles. The van der Waals surface area contributed by atoms with Gasteiger partial charge in [0, 0.05) is 18.8 Å². The minimum Gasteiger partial charge on any atom is -0.334 e. The molecule has 0 bridgehead atoms. The van der Waals surface area contributed by atoms with Crippen molar-refractivity contribution in [3.63, 3.8) is 0 Å². The van der Waals surface area contributed by atoms with Gasteiger partial charge in [-0.3, -0.25) is 14.3 Å². The molecule has 0 atom stereocenters. The summed E-state index contributed by atoms with van der Waals surface area (Å²) in [6.07, 6.45) is 1.78. The molecular weight excluding hydrogens is 426 g/mol. The second-order valence-corrected chi connectivity index (χ2v) is 8.13. The van der Waals surface area contributed by atoms with E-state index < -0.39 is 0 Å². The SMILES string of the molecule is CN(Cc1nc2ccccc2c(=O)[nH]1)C(=O)c1cn(Cc2ccccc2)nc1-c1ccccc1. The molecule has 7 nitrogen and oxygen atoms in total. The number of hydrogen-bond acceptors (Lipinski definition) is 4. The van der Waals surface area contributed by atoms with E-state index >= 15 is 0 Å². The third-order valence-corrected chi connectivity index (χ3v) is 5.62. The van der Waals surface area contributed by atoms with E-state index in [2.05, 4.69) is 9.97 Å². The minimum absolute atomic E-state index is 0.164. The van der Waals surface area contributed by atoms with E-state index in [4.69, 9.17) is 5.10 Å². The molecule has 0 saturated heterocycles. The van der Waals surface area contributed by atoms with Gasteiger partial charge < -0.3 is 9.88 Å². The van der Waals surface area contributed by atoms with Crippen molar-refractivity contribution in [2.75, 3.05) is 7.05 Å². The number of fused-ring (bicyclic) bond motifs is 1. The van der Waals surface area contributed by atoms with E-state index in [0.29, 0.717) is 34.5 Å². The third kappa shape index (κ3) is 4.36. The molecule has 2 heterocycles. The first kappa shape index (κ1) is 21.3. The largest absolute Gasteiger partial charge is 0.334 e. The fraction of sp³-hybridized carbons (Fsp3) is 0.111. The van der Waals surface area contributed by atoms with Gasteiger partial charge in [-0.2, -0.15) is 5.10 Å². The molecule has 0 fully saturated rings. The van der Waals surface area contributed by atoms with Crippen LogP contribution in [-0.2, 0) is 13.1 Å². The summed E-state index contributed by atoms with van der Waals surface area (Å²) < 4.78 is 1.79. The summed E-state index contributed by atoms with van der Waals surface area (Å²) in [5.41, 5.74) is 3.45. The van der Waals surface area contributed by atoms with Crippen LogP contribution in [0.2, 0.25) is 0 Å². The van der Waals surface area contributed by atoms with Gasteiger partial charge in [-0.05, 0) is 17.7 Å². The first-order chi connectivity index (χ1) is 16.6. The lowest BCUT2D eigenvalue weighted by Gasteiger charge is -2.16. The second-order valence-electron chi connectivity index (χ2n) is 8.13. The van der Waals surface area contributed by atoms with Crippen LogP contribution in [0.25, 0.3) is 22.2 Å². The molecule has 168 valence electrons. The van der Waals surface area contributed by atoms with Crippen molar-refractivity contribution >= 4 is 16.8 Å². The van der Waals surface area contributed by atoms with E-state index in [9.17, 15) is 9.59 Å². The van der Waals surface area contributed by atoms with Crippen LogP contribution < -0.4 is 5.56 Å². The van der Waals surface area contributed by atoms with E-state index in [-0.39, 0.29) is 18.0 Å². The van der Waals surface area contributed by atoms with Gasteiger partial charge in [0.25, 0.3) is 11.5 Å². The van der Waals surface area contributed by atoms with Crippen LogP contribution in [0.1, 0.15) is 21.7 Å². The van der Waals surface area contributed by atoms with Crippen molar-refractivity contribution in [2.45, 2.75) is 13.1 Å². The smallest absolute Gasteiger partial charge is 0.258 e. The Hall–Kier alpha value is -4.52. The summed E-state index contributed by atoms with van der Waals surface area (Å²) in [4.78, 5) is 34.8. The number of aromatic amines is 1. The molecule has 0 radical (unpaired) electrons. The molecule has 0 saturated carbocycles. The van der Waals surface area contributed by atoms with Crippen LogP contribution in [-0.4, -0.2) is 37.6 Å². The Balaban J connectivity index is 1.46. The standard InChI is InChI=1S/C27H23N5O2/c1-31(18-24-28-23-15-9-8-14-21(23)26(33)29-24)27(34)22-17-32(16-19-10-4-2-5-11-19)30-25(22)20-12-6-3-7-13-20/h2-15,17H,16,18H2,1H3,(H,28,29,33).